The highest BCUT2D eigenvalue weighted by Gasteiger charge is 2.25. The molecule has 0 spiro atoms. The smallest absolute Gasteiger partial charge is 0.257 e. The molecule has 0 amide bonds. The van der Waals surface area contributed by atoms with E-state index in [1.54, 1.807) is 0 Å². The third-order valence-corrected chi connectivity index (χ3v) is 5.71. The molecule has 4 rings (SSSR count). The minimum Gasteiger partial charge on any atom is -0.334 e. The number of hydrogen-bond donors (Lipinski definition) is 0. The van der Waals surface area contributed by atoms with Crippen molar-refractivity contribution < 1.29 is 4.52 Å². The van der Waals surface area contributed by atoms with Crippen LogP contribution in [0.3, 0.4) is 0 Å². The van der Waals surface area contributed by atoms with E-state index in [0.29, 0.717) is 17.9 Å². The van der Waals surface area contributed by atoms with Crippen LogP contribution in [0.4, 0.5) is 0 Å². The number of halogens is 1. The Balaban J connectivity index is 1.48. The van der Waals surface area contributed by atoms with E-state index in [-0.39, 0.29) is 0 Å². The van der Waals surface area contributed by atoms with Gasteiger partial charge in [0.05, 0.1) is 0 Å². The van der Waals surface area contributed by atoms with Gasteiger partial charge in [-0.25, -0.2) is 0 Å². The number of nitrogens with zero attached hydrogens (tertiary/aromatic N) is 3. The molecule has 1 aliphatic rings. The number of likely N-dealkylation sites (tertiary alicyclic amines) is 1. The molecule has 4 nitrogen and oxygen atoms in total. The Bertz CT molecular complexity index is 896. The van der Waals surface area contributed by atoms with Crippen LogP contribution >= 0.6 is 11.6 Å². The van der Waals surface area contributed by atoms with Gasteiger partial charge in [0.25, 0.3) is 5.89 Å². The molecule has 0 radical (unpaired) electrons. The van der Waals surface area contributed by atoms with E-state index in [0.717, 1.165) is 53.5 Å². The topological polar surface area (TPSA) is 42.2 Å². The van der Waals surface area contributed by atoms with E-state index in [4.69, 9.17) is 16.1 Å². The number of rotatable bonds is 4. The molecular formula is C22H24ClN3O. The van der Waals surface area contributed by atoms with Crippen LogP contribution in [0, 0.1) is 0 Å². The van der Waals surface area contributed by atoms with E-state index in [2.05, 4.69) is 28.9 Å². The summed E-state index contributed by atoms with van der Waals surface area (Å²) in [5, 5.41) is 5.00. The van der Waals surface area contributed by atoms with Crippen LogP contribution in [0.25, 0.3) is 22.6 Å². The number of aromatic nitrogens is 2. The largest absolute Gasteiger partial charge is 0.334 e. The number of benzene rings is 2. The maximum Gasteiger partial charge on any atom is 0.257 e. The highest BCUT2D eigenvalue weighted by molar-refractivity contribution is 6.33. The lowest BCUT2D eigenvalue weighted by atomic mass is 9.95. The van der Waals surface area contributed by atoms with E-state index >= 15 is 0 Å². The summed E-state index contributed by atoms with van der Waals surface area (Å²) in [6.45, 7) is 6.69. The Kier molecular flexibility index (Phi) is 5.28. The average molecular weight is 382 g/mol. The van der Waals surface area contributed by atoms with Gasteiger partial charge in [-0.05, 0) is 63.5 Å². The highest BCUT2D eigenvalue weighted by atomic mass is 35.5. The Hall–Kier alpha value is -2.17. The summed E-state index contributed by atoms with van der Waals surface area (Å²) >= 11 is 6.29. The molecule has 0 saturated carbocycles. The van der Waals surface area contributed by atoms with Crippen molar-refractivity contribution >= 4 is 11.6 Å². The quantitative estimate of drug-likeness (QED) is 0.586. The number of hydrogen-bond acceptors (Lipinski definition) is 4. The van der Waals surface area contributed by atoms with Gasteiger partial charge in [0.1, 0.15) is 0 Å². The van der Waals surface area contributed by atoms with Gasteiger partial charge < -0.3 is 9.42 Å². The van der Waals surface area contributed by atoms with Crippen molar-refractivity contribution in [2.24, 2.45) is 0 Å². The second kappa shape index (κ2) is 7.83. The fourth-order valence-corrected chi connectivity index (χ4v) is 3.92. The zero-order valence-electron chi connectivity index (χ0n) is 15.7. The van der Waals surface area contributed by atoms with Crippen LogP contribution < -0.4 is 0 Å². The third kappa shape index (κ3) is 3.92. The van der Waals surface area contributed by atoms with Crippen molar-refractivity contribution in [3.63, 3.8) is 0 Å². The van der Waals surface area contributed by atoms with Crippen LogP contribution in [0.15, 0.2) is 53.1 Å². The van der Waals surface area contributed by atoms with Gasteiger partial charge in [0, 0.05) is 28.1 Å². The second-order valence-corrected chi connectivity index (χ2v) is 7.83. The van der Waals surface area contributed by atoms with Gasteiger partial charge in [-0.15, -0.1) is 0 Å². The average Bonchev–Trinajstić information content (AvgIpc) is 3.19. The summed E-state index contributed by atoms with van der Waals surface area (Å²) in [6, 6.07) is 16.6. The first-order valence-electron chi connectivity index (χ1n) is 9.55. The summed E-state index contributed by atoms with van der Waals surface area (Å²) in [5.41, 5.74) is 3.03. The van der Waals surface area contributed by atoms with Crippen molar-refractivity contribution in [3.05, 3.63) is 59.4 Å². The van der Waals surface area contributed by atoms with E-state index in [1.165, 1.54) is 0 Å². The molecule has 0 unspecified atom stereocenters. The van der Waals surface area contributed by atoms with Crippen LogP contribution in [0.1, 0.15) is 38.4 Å². The third-order valence-electron chi connectivity index (χ3n) is 5.38. The second-order valence-electron chi connectivity index (χ2n) is 7.42. The van der Waals surface area contributed by atoms with Crippen molar-refractivity contribution in [1.82, 2.24) is 15.0 Å². The van der Waals surface area contributed by atoms with E-state index < -0.39 is 0 Å². The van der Waals surface area contributed by atoms with Gasteiger partial charge >= 0.3 is 0 Å². The molecule has 2 aromatic carbocycles. The molecule has 0 N–H and O–H groups in total. The lowest BCUT2D eigenvalue weighted by Gasteiger charge is -2.33. The number of piperidine rings is 1. The molecule has 1 aliphatic heterocycles. The Labute approximate surface area is 165 Å². The minimum atomic E-state index is 0.389. The van der Waals surface area contributed by atoms with Gasteiger partial charge in [0.15, 0.2) is 5.82 Å². The van der Waals surface area contributed by atoms with Crippen molar-refractivity contribution in [3.8, 4) is 22.6 Å². The lowest BCUT2D eigenvalue weighted by Crippen LogP contribution is -2.38. The minimum absolute atomic E-state index is 0.389. The maximum absolute atomic E-state index is 6.29. The molecule has 1 aromatic heterocycles. The van der Waals surface area contributed by atoms with Crippen LogP contribution in [-0.2, 0) is 0 Å². The molecule has 1 saturated heterocycles. The summed E-state index contributed by atoms with van der Waals surface area (Å²) in [5.74, 6) is 1.81. The van der Waals surface area contributed by atoms with Crippen LogP contribution in [0.5, 0.6) is 0 Å². The fraction of sp³-hybridized carbons (Fsp3) is 0.364. The first-order valence-corrected chi connectivity index (χ1v) is 9.92. The normalized spacial score (nSPS) is 16.1. The monoisotopic (exact) mass is 381 g/mol. The maximum atomic E-state index is 6.29. The predicted molar refractivity (Wildman–Crippen MR) is 109 cm³/mol. The zero-order chi connectivity index (χ0) is 18.8. The molecule has 5 heteroatoms. The molecular weight excluding hydrogens is 358 g/mol. The Morgan fingerprint density at radius 1 is 1.00 bits per heavy atom. The molecule has 27 heavy (non-hydrogen) atoms. The van der Waals surface area contributed by atoms with Crippen molar-refractivity contribution in [2.75, 3.05) is 13.1 Å². The SMILES string of the molecule is CC(C)N1CCC(c2noc(-c3ccc(-c4ccccc4Cl)cc3)n2)CC1. The standard InChI is InChI=1S/C22H24ClN3O/c1-15(2)26-13-11-17(12-14-26)21-24-22(27-25-21)18-9-7-16(8-10-18)19-5-3-4-6-20(19)23/h3-10,15,17H,11-14H2,1-2H3. The molecule has 0 atom stereocenters. The summed E-state index contributed by atoms with van der Waals surface area (Å²) in [7, 11) is 0. The molecule has 0 bridgehead atoms. The van der Waals surface area contributed by atoms with Crippen molar-refractivity contribution in [2.45, 2.75) is 38.6 Å². The summed E-state index contributed by atoms with van der Waals surface area (Å²) in [4.78, 5) is 7.18. The lowest BCUT2D eigenvalue weighted by molar-refractivity contribution is 0.168. The molecule has 0 aliphatic carbocycles. The van der Waals surface area contributed by atoms with E-state index in [1.807, 2.05) is 48.5 Å². The van der Waals surface area contributed by atoms with Gasteiger partial charge in [-0.3, -0.25) is 0 Å². The molecule has 2 heterocycles. The molecule has 1 fully saturated rings. The van der Waals surface area contributed by atoms with Gasteiger partial charge in [-0.1, -0.05) is 47.1 Å². The van der Waals surface area contributed by atoms with E-state index in [9.17, 15) is 0 Å². The Morgan fingerprint density at radius 3 is 2.33 bits per heavy atom. The summed E-state index contributed by atoms with van der Waals surface area (Å²) < 4.78 is 5.55. The highest BCUT2D eigenvalue weighted by Crippen LogP contribution is 2.31. The Morgan fingerprint density at radius 2 is 1.67 bits per heavy atom. The van der Waals surface area contributed by atoms with Crippen LogP contribution in [0.2, 0.25) is 5.02 Å². The summed E-state index contributed by atoms with van der Waals surface area (Å²) in [6.07, 6.45) is 2.17. The molecule has 140 valence electrons. The van der Waals surface area contributed by atoms with Gasteiger partial charge in [-0.2, -0.15) is 4.98 Å². The van der Waals surface area contributed by atoms with Gasteiger partial charge in [0.2, 0.25) is 0 Å². The zero-order valence-corrected chi connectivity index (χ0v) is 16.5. The van der Waals surface area contributed by atoms with Crippen molar-refractivity contribution in [1.29, 1.82) is 0 Å². The van der Waals surface area contributed by atoms with Crippen LogP contribution in [-0.4, -0.2) is 34.2 Å². The fourth-order valence-electron chi connectivity index (χ4n) is 3.68. The molecule has 3 aromatic rings. The predicted octanol–water partition coefficient (Wildman–Crippen LogP) is 5.64. The first-order chi connectivity index (χ1) is 13.1. The first kappa shape index (κ1) is 18.2.